The lowest BCUT2D eigenvalue weighted by atomic mass is 10.2. The number of aromatic nitrogens is 4. The van der Waals surface area contributed by atoms with E-state index in [9.17, 15) is 0 Å². The van der Waals surface area contributed by atoms with E-state index in [4.69, 9.17) is 14.5 Å². The van der Waals surface area contributed by atoms with Crippen molar-refractivity contribution in [3.8, 4) is 5.75 Å². The van der Waals surface area contributed by atoms with Gasteiger partial charge in [-0.2, -0.15) is 5.10 Å². The summed E-state index contributed by atoms with van der Waals surface area (Å²) in [6, 6.07) is 8.30. The summed E-state index contributed by atoms with van der Waals surface area (Å²) in [6.07, 6.45) is 3.65. The highest BCUT2D eigenvalue weighted by atomic mass is 16.5. The van der Waals surface area contributed by atoms with E-state index in [0.717, 1.165) is 29.2 Å². The van der Waals surface area contributed by atoms with E-state index in [1.165, 1.54) is 0 Å². The second kappa shape index (κ2) is 6.85. The van der Waals surface area contributed by atoms with Gasteiger partial charge in [0.1, 0.15) is 11.9 Å². The van der Waals surface area contributed by atoms with Crippen LogP contribution < -0.4 is 10.1 Å². The van der Waals surface area contributed by atoms with Crippen LogP contribution in [0.2, 0.25) is 0 Å². The number of rotatable bonds is 6. The fourth-order valence-corrected chi connectivity index (χ4v) is 3.17. The van der Waals surface area contributed by atoms with E-state index < -0.39 is 0 Å². The molecule has 4 rings (SSSR count). The fourth-order valence-electron chi connectivity index (χ4n) is 3.17. The van der Waals surface area contributed by atoms with Gasteiger partial charge in [0, 0.05) is 13.6 Å². The summed E-state index contributed by atoms with van der Waals surface area (Å²) < 4.78 is 15.6. The highest BCUT2D eigenvalue weighted by Crippen LogP contribution is 2.18. The molecule has 0 aliphatic carbocycles. The van der Waals surface area contributed by atoms with Crippen LogP contribution in [0.15, 0.2) is 36.7 Å². The number of para-hydroxylation sites is 2. The molecule has 0 radical (unpaired) electrons. The molecule has 0 unspecified atom stereocenters. The van der Waals surface area contributed by atoms with E-state index in [0.29, 0.717) is 19.8 Å². The molecule has 7 nitrogen and oxygen atoms in total. The third-order valence-corrected chi connectivity index (χ3v) is 4.65. The standard InChI is InChI=1S/C18H23N5O2/c1-3-23-10-13(8-20-23)25-17-12-24-11-15(17)19-9-18-21-14-6-4-5-7-16(14)22(18)2/h4-8,10,15,17,19H,3,9,11-12H2,1-2H3/t15-,17+/m0/s1. The number of nitrogens with zero attached hydrogens (tertiary/aromatic N) is 4. The quantitative estimate of drug-likeness (QED) is 0.740. The second-order valence-corrected chi connectivity index (χ2v) is 6.29. The topological polar surface area (TPSA) is 66.1 Å². The Morgan fingerprint density at radius 3 is 3.00 bits per heavy atom. The van der Waals surface area contributed by atoms with Crippen LogP contribution in [0.25, 0.3) is 11.0 Å². The van der Waals surface area contributed by atoms with Gasteiger partial charge < -0.3 is 19.4 Å². The molecule has 0 amide bonds. The third-order valence-electron chi connectivity index (χ3n) is 4.65. The van der Waals surface area contributed by atoms with E-state index in [1.54, 1.807) is 6.20 Å². The maximum Gasteiger partial charge on any atom is 0.157 e. The zero-order valence-corrected chi connectivity index (χ0v) is 14.6. The monoisotopic (exact) mass is 341 g/mol. The Kier molecular flexibility index (Phi) is 4.42. The van der Waals surface area contributed by atoms with Gasteiger partial charge in [-0.05, 0) is 19.1 Å². The molecule has 1 saturated heterocycles. The van der Waals surface area contributed by atoms with Crippen molar-refractivity contribution >= 4 is 11.0 Å². The van der Waals surface area contributed by atoms with Gasteiger partial charge >= 0.3 is 0 Å². The van der Waals surface area contributed by atoms with Gasteiger partial charge in [0.2, 0.25) is 0 Å². The Bertz CT molecular complexity index is 856. The molecule has 2 aromatic heterocycles. The summed E-state index contributed by atoms with van der Waals surface area (Å²) in [6.45, 7) is 4.77. The van der Waals surface area contributed by atoms with Crippen LogP contribution in [0.3, 0.4) is 0 Å². The van der Waals surface area contributed by atoms with Crippen molar-refractivity contribution in [2.24, 2.45) is 7.05 Å². The highest BCUT2D eigenvalue weighted by Gasteiger charge is 2.30. The molecule has 25 heavy (non-hydrogen) atoms. The predicted octanol–water partition coefficient (Wildman–Crippen LogP) is 1.73. The minimum absolute atomic E-state index is 0.0239. The minimum Gasteiger partial charge on any atom is -0.483 e. The molecule has 0 spiro atoms. The largest absolute Gasteiger partial charge is 0.483 e. The van der Waals surface area contributed by atoms with Gasteiger partial charge in [0.25, 0.3) is 0 Å². The van der Waals surface area contributed by atoms with Gasteiger partial charge in [-0.25, -0.2) is 4.98 Å². The van der Waals surface area contributed by atoms with Crippen molar-refractivity contribution in [2.45, 2.75) is 32.2 Å². The summed E-state index contributed by atoms with van der Waals surface area (Å²) in [5.41, 5.74) is 2.16. The van der Waals surface area contributed by atoms with Crippen LogP contribution in [-0.2, 0) is 24.9 Å². The Balaban J connectivity index is 1.41. The first-order valence-corrected chi connectivity index (χ1v) is 8.65. The lowest BCUT2D eigenvalue weighted by molar-refractivity contribution is 0.139. The Hall–Kier alpha value is -2.38. The van der Waals surface area contributed by atoms with Crippen molar-refractivity contribution in [2.75, 3.05) is 13.2 Å². The first-order valence-electron chi connectivity index (χ1n) is 8.65. The Labute approximate surface area is 146 Å². The second-order valence-electron chi connectivity index (χ2n) is 6.29. The Morgan fingerprint density at radius 1 is 1.32 bits per heavy atom. The summed E-state index contributed by atoms with van der Waals surface area (Å²) in [7, 11) is 2.05. The number of ether oxygens (including phenoxy) is 2. The number of hydrogen-bond donors (Lipinski definition) is 1. The van der Waals surface area contributed by atoms with Crippen molar-refractivity contribution in [1.29, 1.82) is 0 Å². The van der Waals surface area contributed by atoms with Crippen molar-refractivity contribution in [3.63, 3.8) is 0 Å². The highest BCUT2D eigenvalue weighted by molar-refractivity contribution is 5.75. The van der Waals surface area contributed by atoms with E-state index >= 15 is 0 Å². The van der Waals surface area contributed by atoms with Gasteiger partial charge in [0.15, 0.2) is 5.75 Å². The summed E-state index contributed by atoms with van der Waals surface area (Å²) in [5, 5.41) is 7.78. The SMILES string of the molecule is CCn1cc(O[C@@H]2COC[C@@H]2NCc2nc3ccccc3n2C)cn1. The molecule has 7 heteroatoms. The average Bonchev–Trinajstić information content (AvgIpc) is 3.34. The van der Waals surface area contributed by atoms with Crippen LogP contribution in [0.4, 0.5) is 0 Å². The molecule has 3 heterocycles. The number of aryl methyl sites for hydroxylation is 2. The minimum atomic E-state index is -0.0239. The van der Waals surface area contributed by atoms with E-state index in [2.05, 4.69) is 28.0 Å². The fraction of sp³-hybridized carbons (Fsp3) is 0.444. The number of nitrogens with one attached hydrogen (secondary N) is 1. The predicted molar refractivity (Wildman–Crippen MR) is 94.5 cm³/mol. The van der Waals surface area contributed by atoms with Gasteiger partial charge in [-0.3, -0.25) is 4.68 Å². The summed E-state index contributed by atoms with van der Waals surface area (Å²) in [5.74, 6) is 1.79. The molecule has 1 fully saturated rings. The molecule has 2 atom stereocenters. The normalized spacial score (nSPS) is 20.4. The van der Waals surface area contributed by atoms with Crippen LogP contribution in [0.1, 0.15) is 12.7 Å². The number of imidazole rings is 1. The molecule has 3 aromatic rings. The molecule has 1 aliphatic rings. The zero-order valence-electron chi connectivity index (χ0n) is 14.6. The molecule has 1 aromatic carbocycles. The van der Waals surface area contributed by atoms with Gasteiger partial charge in [-0.1, -0.05) is 12.1 Å². The summed E-state index contributed by atoms with van der Waals surface area (Å²) >= 11 is 0. The number of fused-ring (bicyclic) bond motifs is 1. The lowest BCUT2D eigenvalue weighted by Gasteiger charge is -2.19. The maximum atomic E-state index is 6.05. The first kappa shape index (κ1) is 16.1. The van der Waals surface area contributed by atoms with Crippen molar-refractivity contribution in [3.05, 3.63) is 42.5 Å². The zero-order chi connectivity index (χ0) is 17.2. The Morgan fingerprint density at radius 2 is 2.20 bits per heavy atom. The molecule has 1 aliphatic heterocycles. The number of benzene rings is 1. The number of hydrogen-bond acceptors (Lipinski definition) is 5. The maximum absolute atomic E-state index is 6.05. The van der Waals surface area contributed by atoms with Gasteiger partial charge in [-0.15, -0.1) is 0 Å². The van der Waals surface area contributed by atoms with Crippen LogP contribution >= 0.6 is 0 Å². The lowest BCUT2D eigenvalue weighted by Crippen LogP contribution is -2.42. The van der Waals surface area contributed by atoms with Crippen LogP contribution in [0.5, 0.6) is 5.75 Å². The van der Waals surface area contributed by atoms with Gasteiger partial charge in [0.05, 0.1) is 49.2 Å². The smallest absolute Gasteiger partial charge is 0.157 e. The molecule has 1 N–H and O–H groups in total. The summed E-state index contributed by atoms with van der Waals surface area (Å²) in [4.78, 5) is 4.70. The molecule has 132 valence electrons. The first-order chi connectivity index (χ1) is 12.2. The van der Waals surface area contributed by atoms with Crippen LogP contribution in [-0.4, -0.2) is 44.7 Å². The molecular weight excluding hydrogens is 318 g/mol. The van der Waals surface area contributed by atoms with E-state index in [-0.39, 0.29) is 12.1 Å². The molecule has 0 saturated carbocycles. The molecular formula is C18H23N5O2. The average molecular weight is 341 g/mol. The van der Waals surface area contributed by atoms with Crippen LogP contribution in [0, 0.1) is 0 Å². The molecule has 0 bridgehead atoms. The van der Waals surface area contributed by atoms with E-state index in [1.807, 2.05) is 36.1 Å². The van der Waals surface area contributed by atoms with Crippen molar-refractivity contribution < 1.29 is 9.47 Å². The third kappa shape index (κ3) is 3.25. The van der Waals surface area contributed by atoms with Crippen molar-refractivity contribution in [1.82, 2.24) is 24.6 Å².